The number of hydrogen-bond donors (Lipinski definition) is 1. The fourth-order valence-electron chi connectivity index (χ4n) is 2.45. The fraction of sp³-hybridized carbons (Fsp3) is 0.167. The summed E-state index contributed by atoms with van der Waals surface area (Å²) < 4.78 is 53.3. The smallest absolute Gasteiger partial charge is 0.240 e. The van der Waals surface area contributed by atoms with Crippen molar-refractivity contribution in [2.75, 3.05) is 6.54 Å². The Kier molecular flexibility index (Phi) is 5.45. The Balaban J connectivity index is 1.64. The molecule has 0 atom stereocenters. The van der Waals surface area contributed by atoms with Crippen molar-refractivity contribution in [1.29, 1.82) is 0 Å². The van der Waals surface area contributed by atoms with Crippen LogP contribution in [0.4, 0.5) is 8.78 Å². The molecule has 0 bridgehead atoms. The molecule has 4 nitrogen and oxygen atoms in total. The first-order valence-corrected chi connectivity index (χ1v) is 10.2. The topological polar surface area (TPSA) is 59.1 Å². The van der Waals surface area contributed by atoms with Gasteiger partial charge in [0.2, 0.25) is 10.0 Å². The monoisotopic (exact) mass is 394 g/mol. The molecule has 136 valence electrons. The van der Waals surface area contributed by atoms with Crippen LogP contribution in [0, 0.1) is 18.6 Å². The minimum absolute atomic E-state index is 0.0594. The summed E-state index contributed by atoms with van der Waals surface area (Å²) in [5, 5.41) is 2.59. The van der Waals surface area contributed by atoms with Crippen LogP contribution in [0.2, 0.25) is 0 Å². The van der Waals surface area contributed by atoms with Crippen LogP contribution < -0.4 is 4.72 Å². The largest absolute Gasteiger partial charge is 0.241 e. The van der Waals surface area contributed by atoms with Gasteiger partial charge in [-0.1, -0.05) is 0 Å². The molecule has 8 heteroatoms. The maximum absolute atomic E-state index is 13.1. The first-order valence-electron chi connectivity index (χ1n) is 7.81. The number of nitrogens with one attached hydrogen (secondary N) is 1. The molecule has 1 heterocycles. The van der Waals surface area contributed by atoms with Gasteiger partial charge < -0.3 is 0 Å². The van der Waals surface area contributed by atoms with Crippen LogP contribution in [-0.4, -0.2) is 19.9 Å². The molecule has 1 aromatic heterocycles. The van der Waals surface area contributed by atoms with Crippen molar-refractivity contribution < 1.29 is 17.2 Å². The zero-order valence-electron chi connectivity index (χ0n) is 13.9. The zero-order valence-corrected chi connectivity index (χ0v) is 15.5. The molecule has 0 radical (unpaired) electrons. The summed E-state index contributed by atoms with van der Waals surface area (Å²) in [5.41, 5.74) is 1.91. The van der Waals surface area contributed by atoms with Crippen molar-refractivity contribution in [2.24, 2.45) is 0 Å². The predicted molar refractivity (Wildman–Crippen MR) is 97.5 cm³/mol. The Morgan fingerprint density at radius 1 is 1.08 bits per heavy atom. The fourth-order valence-corrected chi connectivity index (χ4v) is 4.57. The molecule has 0 aliphatic rings. The second-order valence-corrected chi connectivity index (χ2v) is 8.30. The molecule has 0 unspecified atom stereocenters. The lowest BCUT2D eigenvalue weighted by molar-refractivity contribution is 0.579. The van der Waals surface area contributed by atoms with Gasteiger partial charge in [-0.2, -0.15) is 0 Å². The van der Waals surface area contributed by atoms with Crippen molar-refractivity contribution in [2.45, 2.75) is 18.2 Å². The van der Waals surface area contributed by atoms with Crippen molar-refractivity contribution in [3.05, 3.63) is 70.7 Å². The number of sulfonamides is 1. The lowest BCUT2D eigenvalue weighted by Gasteiger charge is -2.08. The minimum atomic E-state index is -3.71. The maximum Gasteiger partial charge on any atom is 0.240 e. The van der Waals surface area contributed by atoms with Crippen LogP contribution in [0.1, 0.15) is 11.3 Å². The average Bonchev–Trinajstić information content (AvgIpc) is 3.04. The highest BCUT2D eigenvalue weighted by molar-refractivity contribution is 7.89. The molecule has 2 aromatic carbocycles. The van der Waals surface area contributed by atoms with Gasteiger partial charge >= 0.3 is 0 Å². The van der Waals surface area contributed by atoms with E-state index in [2.05, 4.69) is 9.71 Å². The van der Waals surface area contributed by atoms with E-state index in [0.717, 1.165) is 22.3 Å². The highest BCUT2D eigenvalue weighted by Gasteiger charge is 2.17. The first kappa shape index (κ1) is 18.6. The molecule has 0 aliphatic carbocycles. The first-order chi connectivity index (χ1) is 12.3. The van der Waals surface area contributed by atoms with E-state index in [0.29, 0.717) is 12.0 Å². The highest BCUT2D eigenvalue weighted by Crippen LogP contribution is 2.24. The molecule has 0 spiro atoms. The summed E-state index contributed by atoms with van der Waals surface area (Å²) in [7, 11) is -3.71. The molecule has 0 saturated heterocycles. The summed E-state index contributed by atoms with van der Waals surface area (Å²) in [6.45, 7) is 1.72. The lowest BCUT2D eigenvalue weighted by atomic mass is 10.2. The minimum Gasteiger partial charge on any atom is -0.241 e. The van der Waals surface area contributed by atoms with Crippen molar-refractivity contribution in [1.82, 2.24) is 9.71 Å². The van der Waals surface area contributed by atoms with Crippen LogP contribution in [0.5, 0.6) is 0 Å². The lowest BCUT2D eigenvalue weighted by Crippen LogP contribution is -2.26. The van der Waals surface area contributed by atoms with E-state index in [1.54, 1.807) is 19.1 Å². The maximum atomic E-state index is 13.1. The number of nitrogens with zero attached hydrogens (tertiary/aromatic N) is 1. The van der Waals surface area contributed by atoms with Gasteiger partial charge in [0.25, 0.3) is 0 Å². The number of aromatic nitrogens is 1. The van der Waals surface area contributed by atoms with Gasteiger partial charge in [-0.15, -0.1) is 11.3 Å². The normalized spacial score (nSPS) is 11.7. The SMILES string of the molecule is Cc1cc(F)ccc1S(=O)(=O)NCCc1csc(-c2ccc(F)cc2)n1. The van der Waals surface area contributed by atoms with Crippen LogP contribution in [-0.2, 0) is 16.4 Å². The third-order valence-corrected chi connectivity index (χ3v) is 6.30. The van der Waals surface area contributed by atoms with E-state index in [1.165, 1.54) is 35.6 Å². The van der Waals surface area contributed by atoms with Gasteiger partial charge in [0, 0.05) is 23.9 Å². The number of hydrogen-bond acceptors (Lipinski definition) is 4. The Labute approximate surface area is 154 Å². The molecule has 0 aliphatic heterocycles. The van der Waals surface area contributed by atoms with Crippen molar-refractivity contribution in [3.63, 3.8) is 0 Å². The second kappa shape index (κ2) is 7.61. The summed E-state index contributed by atoms with van der Waals surface area (Å²) in [6.07, 6.45) is 0.414. The molecular formula is C18H16F2N2O2S2. The third-order valence-electron chi connectivity index (χ3n) is 3.74. The quantitative estimate of drug-likeness (QED) is 0.689. The Morgan fingerprint density at radius 2 is 1.77 bits per heavy atom. The third kappa shape index (κ3) is 4.32. The van der Waals surface area contributed by atoms with Crippen LogP contribution in [0.15, 0.2) is 52.7 Å². The number of halogens is 2. The molecule has 0 fully saturated rings. The summed E-state index contributed by atoms with van der Waals surface area (Å²) in [5.74, 6) is -0.784. The molecule has 0 amide bonds. The van der Waals surface area contributed by atoms with Gasteiger partial charge in [0.1, 0.15) is 16.6 Å². The van der Waals surface area contributed by atoms with E-state index in [-0.39, 0.29) is 17.3 Å². The van der Waals surface area contributed by atoms with E-state index in [1.807, 2.05) is 5.38 Å². The summed E-state index contributed by atoms with van der Waals surface area (Å²) in [6, 6.07) is 9.60. The molecular weight excluding hydrogens is 378 g/mol. The van der Waals surface area contributed by atoms with Crippen LogP contribution >= 0.6 is 11.3 Å². The number of thiazole rings is 1. The van der Waals surface area contributed by atoms with E-state index >= 15 is 0 Å². The number of rotatable bonds is 6. The summed E-state index contributed by atoms with van der Waals surface area (Å²) >= 11 is 1.41. The highest BCUT2D eigenvalue weighted by atomic mass is 32.2. The molecule has 0 saturated carbocycles. The van der Waals surface area contributed by atoms with Gasteiger partial charge in [-0.25, -0.2) is 26.9 Å². The molecule has 26 heavy (non-hydrogen) atoms. The Morgan fingerprint density at radius 3 is 2.46 bits per heavy atom. The predicted octanol–water partition coefficient (Wildman–Crippen LogP) is 3.92. The molecule has 3 aromatic rings. The Bertz CT molecular complexity index is 1020. The van der Waals surface area contributed by atoms with E-state index in [4.69, 9.17) is 0 Å². The standard InChI is InChI=1S/C18H16F2N2O2S2/c1-12-10-15(20)6-7-17(12)26(23,24)21-9-8-16-11-25-18(22-16)13-2-4-14(19)5-3-13/h2-7,10-11,21H,8-9H2,1H3. The number of benzene rings is 2. The second-order valence-electron chi connectivity index (χ2n) is 5.71. The van der Waals surface area contributed by atoms with Gasteiger partial charge in [0.15, 0.2) is 0 Å². The summed E-state index contributed by atoms with van der Waals surface area (Å²) in [4.78, 5) is 4.50. The van der Waals surface area contributed by atoms with Crippen molar-refractivity contribution >= 4 is 21.4 Å². The van der Waals surface area contributed by atoms with Gasteiger partial charge in [0.05, 0.1) is 10.6 Å². The molecule has 1 N–H and O–H groups in total. The van der Waals surface area contributed by atoms with Gasteiger partial charge in [-0.3, -0.25) is 0 Å². The molecule has 3 rings (SSSR count). The van der Waals surface area contributed by atoms with E-state index < -0.39 is 15.8 Å². The van der Waals surface area contributed by atoms with Gasteiger partial charge in [-0.05, 0) is 55.0 Å². The van der Waals surface area contributed by atoms with E-state index in [9.17, 15) is 17.2 Å². The van der Waals surface area contributed by atoms with Crippen molar-refractivity contribution in [3.8, 4) is 10.6 Å². The zero-order chi connectivity index (χ0) is 18.7. The van der Waals surface area contributed by atoms with Crippen LogP contribution in [0.25, 0.3) is 10.6 Å². The Hall–Kier alpha value is -2.16. The number of aryl methyl sites for hydroxylation is 1. The van der Waals surface area contributed by atoms with Crippen LogP contribution in [0.3, 0.4) is 0 Å². The average molecular weight is 394 g/mol.